The van der Waals surface area contributed by atoms with E-state index in [0.717, 1.165) is 39.0 Å². The van der Waals surface area contributed by atoms with Crippen LogP contribution in [0.2, 0.25) is 3.98 Å². The zero-order valence-electron chi connectivity index (χ0n) is 7.44. The van der Waals surface area contributed by atoms with Gasteiger partial charge in [0.05, 0.1) is 0 Å². The van der Waals surface area contributed by atoms with Crippen LogP contribution < -0.4 is 0 Å². The van der Waals surface area contributed by atoms with Crippen LogP contribution in [0.3, 0.4) is 0 Å². The summed E-state index contributed by atoms with van der Waals surface area (Å²) in [5.41, 5.74) is 0. The standard InChI is InChI=1S/C6H13O.Cd.H3O3P/c1-3-5-6-7-4-2;;1-4(2)3/h2-6H2,1H3;;1-3H. The average Bonchev–Trinajstić information content (AvgIpc) is 1.97. The van der Waals surface area contributed by atoms with E-state index in [2.05, 4.69) is 6.92 Å². The quantitative estimate of drug-likeness (QED) is 0.401. The molecule has 0 heterocycles. The number of hydrogen-bond donors (Lipinski definition) is 3. The van der Waals surface area contributed by atoms with Crippen LogP contribution in [0.4, 0.5) is 0 Å². The van der Waals surface area contributed by atoms with Crippen molar-refractivity contribution in [1.82, 2.24) is 0 Å². The molecular formula is C6H16CdO4P. The minimum absolute atomic E-state index is 0.976. The molecule has 0 saturated heterocycles. The molecule has 0 fully saturated rings. The molecule has 0 rings (SSSR count). The molecule has 0 aromatic carbocycles. The molecule has 0 atom stereocenters. The van der Waals surface area contributed by atoms with Crippen molar-refractivity contribution in [1.29, 1.82) is 0 Å². The summed E-state index contributed by atoms with van der Waals surface area (Å²) in [6.45, 7) is 4.17. The predicted octanol–water partition coefficient (Wildman–Crippen LogP) is 0.958. The van der Waals surface area contributed by atoms with Gasteiger partial charge in [-0.1, -0.05) is 0 Å². The van der Waals surface area contributed by atoms with E-state index < -0.39 is 8.60 Å². The molecule has 71 valence electrons. The van der Waals surface area contributed by atoms with Gasteiger partial charge in [0.15, 0.2) is 0 Å². The number of hydrogen-bond acceptors (Lipinski definition) is 4. The van der Waals surface area contributed by atoms with Gasteiger partial charge in [-0.2, -0.15) is 0 Å². The first-order valence-corrected chi connectivity index (χ1v) is 7.94. The summed E-state index contributed by atoms with van der Waals surface area (Å²) >= 11 is 1.09. The van der Waals surface area contributed by atoms with E-state index >= 15 is 0 Å². The fourth-order valence-electron chi connectivity index (χ4n) is 0.451. The van der Waals surface area contributed by atoms with E-state index in [0.29, 0.717) is 0 Å². The Morgan fingerprint density at radius 1 is 1.25 bits per heavy atom. The van der Waals surface area contributed by atoms with Crippen molar-refractivity contribution in [3.05, 3.63) is 0 Å². The van der Waals surface area contributed by atoms with Gasteiger partial charge in [0.2, 0.25) is 0 Å². The molecule has 6 heteroatoms. The average molecular weight is 296 g/mol. The van der Waals surface area contributed by atoms with Crippen LogP contribution >= 0.6 is 8.60 Å². The first-order valence-electron chi connectivity index (χ1n) is 3.88. The largest absolute Gasteiger partial charge is 0.328 e. The van der Waals surface area contributed by atoms with Gasteiger partial charge in [0.1, 0.15) is 0 Å². The molecule has 0 radical (unpaired) electrons. The maximum absolute atomic E-state index is 7.23. The zero-order chi connectivity index (χ0) is 9.82. The molecule has 0 aliphatic carbocycles. The molecule has 0 aromatic rings. The van der Waals surface area contributed by atoms with Gasteiger partial charge in [0, 0.05) is 0 Å². The fraction of sp³-hybridized carbons (Fsp3) is 1.00. The Hall–Kier alpha value is 1.19. The van der Waals surface area contributed by atoms with Crippen molar-refractivity contribution in [2.24, 2.45) is 0 Å². The summed E-state index contributed by atoms with van der Waals surface area (Å²) in [7, 11) is -2.62. The normalized spacial score (nSPS) is 9.58. The van der Waals surface area contributed by atoms with Crippen LogP contribution in [0.15, 0.2) is 0 Å². The van der Waals surface area contributed by atoms with E-state index in [1.54, 1.807) is 0 Å². The minimum atomic E-state index is -2.62. The second-order valence-corrected chi connectivity index (χ2v) is 4.64. The Kier molecular flexibility index (Phi) is 19.2. The molecule has 0 aliphatic heterocycles. The Balaban J connectivity index is 0. The van der Waals surface area contributed by atoms with E-state index in [4.69, 9.17) is 19.4 Å². The first-order chi connectivity index (χ1) is 5.65. The SMILES string of the molecule is CCCCOC[CH2][Cd].OP(O)O. The number of ether oxygens (including phenoxy) is 1. The fourth-order valence-corrected chi connectivity index (χ4v) is 1.03. The molecule has 0 aliphatic rings. The molecule has 4 nitrogen and oxygen atoms in total. The van der Waals surface area contributed by atoms with Crippen molar-refractivity contribution < 1.29 is 45.2 Å². The summed E-state index contributed by atoms with van der Waals surface area (Å²) in [5, 5.41) is 0. The molecule has 12 heavy (non-hydrogen) atoms. The topological polar surface area (TPSA) is 69.9 Å². The van der Waals surface area contributed by atoms with Crippen LogP contribution in [-0.2, 0) is 30.5 Å². The van der Waals surface area contributed by atoms with E-state index in [1.165, 1.54) is 16.8 Å². The molecule has 0 unspecified atom stereocenters. The van der Waals surface area contributed by atoms with Crippen molar-refractivity contribution in [2.75, 3.05) is 13.2 Å². The third-order valence-electron chi connectivity index (χ3n) is 0.931. The van der Waals surface area contributed by atoms with Gasteiger partial charge in [-0.3, -0.25) is 0 Å². The van der Waals surface area contributed by atoms with E-state index in [1.807, 2.05) is 0 Å². The maximum Gasteiger partial charge on any atom is 0.324 e. The van der Waals surface area contributed by atoms with Crippen molar-refractivity contribution in [3.63, 3.8) is 0 Å². The van der Waals surface area contributed by atoms with Gasteiger partial charge in [0.25, 0.3) is 0 Å². The van der Waals surface area contributed by atoms with Gasteiger partial charge in [-0.05, 0) is 0 Å². The van der Waals surface area contributed by atoms with Crippen LogP contribution in [0.1, 0.15) is 19.8 Å². The Labute approximate surface area is 90.6 Å². The Morgan fingerprint density at radius 2 is 1.75 bits per heavy atom. The second kappa shape index (κ2) is 14.7. The van der Waals surface area contributed by atoms with Crippen molar-refractivity contribution >= 4 is 8.60 Å². The number of rotatable bonds is 5. The molecule has 0 amide bonds. The van der Waals surface area contributed by atoms with Gasteiger partial charge in [-0.15, -0.1) is 0 Å². The maximum atomic E-state index is 7.23. The third-order valence-corrected chi connectivity index (χ3v) is 1.75. The van der Waals surface area contributed by atoms with Gasteiger partial charge < -0.3 is 14.7 Å². The van der Waals surface area contributed by atoms with Gasteiger partial charge in [-0.25, -0.2) is 0 Å². The predicted molar refractivity (Wildman–Crippen MR) is 44.1 cm³/mol. The first kappa shape index (κ1) is 15.7. The van der Waals surface area contributed by atoms with Crippen molar-refractivity contribution in [2.45, 2.75) is 23.7 Å². The van der Waals surface area contributed by atoms with Gasteiger partial charge >= 0.3 is 76.1 Å². The van der Waals surface area contributed by atoms with E-state index in [-0.39, 0.29) is 0 Å². The summed E-state index contributed by atoms with van der Waals surface area (Å²) in [4.78, 5) is 21.7. The van der Waals surface area contributed by atoms with Crippen LogP contribution in [0.5, 0.6) is 0 Å². The van der Waals surface area contributed by atoms with Crippen LogP contribution in [0, 0.1) is 0 Å². The molecule has 0 saturated carbocycles. The molecule has 0 bridgehead atoms. The number of unbranched alkanes of at least 4 members (excludes halogenated alkanes) is 1. The van der Waals surface area contributed by atoms with E-state index in [9.17, 15) is 0 Å². The molecular weight excluding hydrogens is 279 g/mol. The monoisotopic (exact) mass is 297 g/mol. The Bertz CT molecular complexity index is 65.8. The van der Waals surface area contributed by atoms with Crippen LogP contribution in [0.25, 0.3) is 0 Å². The van der Waals surface area contributed by atoms with Crippen LogP contribution in [-0.4, -0.2) is 27.9 Å². The summed E-state index contributed by atoms with van der Waals surface area (Å²) < 4.78 is 6.58. The summed E-state index contributed by atoms with van der Waals surface area (Å²) in [5.74, 6) is 0. The third kappa shape index (κ3) is 30.3. The summed E-state index contributed by atoms with van der Waals surface area (Å²) in [6, 6.07) is 0. The Morgan fingerprint density at radius 3 is 2.08 bits per heavy atom. The molecule has 0 spiro atoms. The summed E-state index contributed by atoms with van der Waals surface area (Å²) in [6.07, 6.45) is 2.48. The zero-order valence-corrected chi connectivity index (χ0v) is 12.4. The molecule has 3 N–H and O–H groups in total. The molecule has 0 aromatic heterocycles. The smallest absolute Gasteiger partial charge is 0.324 e. The second-order valence-electron chi connectivity index (χ2n) is 2.09. The van der Waals surface area contributed by atoms with Crippen molar-refractivity contribution in [3.8, 4) is 0 Å². The minimum Gasteiger partial charge on any atom is -0.328 e.